The molecule has 2 rings (SSSR count). The smallest absolute Gasteiger partial charge is 0.279 e. The number of anilines is 1. The monoisotopic (exact) mass is 333 g/mol. The minimum Gasteiger partial charge on any atom is -0.333 e. The molecule has 0 aromatic heterocycles. The first-order chi connectivity index (χ1) is 10.9. The summed E-state index contributed by atoms with van der Waals surface area (Å²) in [7, 11) is -3.38. The zero-order chi connectivity index (χ0) is 16.9. The van der Waals surface area contributed by atoms with Gasteiger partial charge in [-0.15, -0.1) is 0 Å². The van der Waals surface area contributed by atoms with Crippen molar-refractivity contribution in [3.63, 3.8) is 0 Å². The fraction of sp³-hybridized carbons (Fsp3) is 0.235. The van der Waals surface area contributed by atoms with Gasteiger partial charge in [0.25, 0.3) is 5.91 Å². The van der Waals surface area contributed by atoms with Crippen molar-refractivity contribution in [3.05, 3.63) is 60.2 Å². The first-order valence-corrected chi connectivity index (χ1v) is 9.24. The number of nitrogens with two attached hydrogens (primary N) is 1. The van der Waals surface area contributed by atoms with Crippen LogP contribution >= 0.6 is 0 Å². The van der Waals surface area contributed by atoms with Crippen molar-refractivity contribution in [3.8, 4) is 0 Å². The lowest BCUT2D eigenvalue weighted by Gasteiger charge is -2.12. The Hall–Kier alpha value is -2.18. The molecule has 0 aliphatic heterocycles. The zero-order valence-corrected chi connectivity index (χ0v) is 14.0. The van der Waals surface area contributed by atoms with Crippen LogP contribution in [-0.2, 0) is 14.6 Å². The molecule has 2 aromatic rings. The Morgan fingerprint density at radius 1 is 1.09 bits per heavy atom. The average Bonchev–Trinajstić information content (AvgIpc) is 2.53. The van der Waals surface area contributed by atoms with Crippen molar-refractivity contribution in [1.82, 2.24) is 0 Å². The molecule has 122 valence electrons. The number of hydrogen-bond donors (Lipinski definition) is 2. The second kappa shape index (κ2) is 7.39. The summed E-state index contributed by atoms with van der Waals surface area (Å²) in [6.45, 7) is 2.24. The van der Waals surface area contributed by atoms with E-state index in [4.69, 9.17) is 0 Å². The molecule has 0 unspecified atom stereocenters. The molecule has 0 aliphatic carbocycles. The van der Waals surface area contributed by atoms with E-state index in [0.717, 1.165) is 11.8 Å². The van der Waals surface area contributed by atoms with Gasteiger partial charge in [-0.3, -0.25) is 4.79 Å². The van der Waals surface area contributed by atoms with Crippen LogP contribution in [0.2, 0.25) is 0 Å². The van der Waals surface area contributed by atoms with Crippen LogP contribution < -0.4 is 10.6 Å². The molecule has 0 saturated carbocycles. The molecule has 0 aliphatic rings. The Morgan fingerprint density at radius 3 is 2.35 bits per heavy atom. The van der Waals surface area contributed by atoms with Gasteiger partial charge < -0.3 is 10.6 Å². The summed E-state index contributed by atoms with van der Waals surface area (Å²) in [5.41, 5.74) is 1.46. The van der Waals surface area contributed by atoms with E-state index in [1.54, 1.807) is 18.2 Å². The molecule has 0 fully saturated rings. The number of rotatable bonds is 6. The van der Waals surface area contributed by atoms with Crippen molar-refractivity contribution in [1.29, 1.82) is 0 Å². The predicted octanol–water partition coefficient (Wildman–Crippen LogP) is 1.35. The van der Waals surface area contributed by atoms with E-state index in [1.165, 1.54) is 6.07 Å². The van der Waals surface area contributed by atoms with Gasteiger partial charge in [-0.2, -0.15) is 0 Å². The van der Waals surface area contributed by atoms with Crippen molar-refractivity contribution in [2.45, 2.75) is 17.9 Å². The van der Waals surface area contributed by atoms with E-state index in [1.807, 2.05) is 42.6 Å². The van der Waals surface area contributed by atoms with Gasteiger partial charge in [0.2, 0.25) is 0 Å². The predicted molar refractivity (Wildman–Crippen MR) is 89.8 cm³/mol. The van der Waals surface area contributed by atoms with Crippen molar-refractivity contribution in [2.75, 3.05) is 18.1 Å². The number of carbonyl (C=O) groups excluding carboxylic acids is 1. The third-order valence-electron chi connectivity index (χ3n) is 3.54. The lowest BCUT2D eigenvalue weighted by atomic mass is 10.1. The van der Waals surface area contributed by atoms with E-state index in [2.05, 4.69) is 5.32 Å². The molecule has 0 heterocycles. The van der Waals surface area contributed by atoms with Gasteiger partial charge >= 0.3 is 0 Å². The summed E-state index contributed by atoms with van der Waals surface area (Å²) in [5, 5.41) is 4.58. The highest BCUT2D eigenvalue weighted by molar-refractivity contribution is 7.90. The van der Waals surface area contributed by atoms with Crippen LogP contribution in [-0.4, -0.2) is 27.1 Å². The second-order valence-corrected chi connectivity index (χ2v) is 7.44. The maximum absolute atomic E-state index is 12.1. The number of quaternary nitrogens is 1. The SMILES string of the molecule is C[C@@H]([NH2+]CC(=O)Nc1ccccc1S(C)(=O)=O)c1ccccc1. The molecule has 0 spiro atoms. The van der Waals surface area contributed by atoms with Crippen molar-refractivity contribution < 1.29 is 18.5 Å². The van der Waals surface area contributed by atoms with Gasteiger partial charge in [-0.1, -0.05) is 42.5 Å². The van der Waals surface area contributed by atoms with Gasteiger partial charge in [0.1, 0.15) is 6.04 Å². The summed E-state index contributed by atoms with van der Waals surface area (Å²) in [6.07, 6.45) is 1.13. The van der Waals surface area contributed by atoms with Crippen LogP contribution in [0.5, 0.6) is 0 Å². The number of amides is 1. The van der Waals surface area contributed by atoms with Gasteiger partial charge in [-0.05, 0) is 19.1 Å². The van der Waals surface area contributed by atoms with E-state index < -0.39 is 9.84 Å². The molecule has 1 atom stereocenters. The molecule has 2 aromatic carbocycles. The number of sulfone groups is 1. The normalized spacial score (nSPS) is 12.6. The number of hydrogen-bond acceptors (Lipinski definition) is 3. The highest BCUT2D eigenvalue weighted by Crippen LogP contribution is 2.20. The standard InChI is InChI=1S/C17H20N2O3S/c1-13(14-8-4-3-5-9-14)18-12-17(20)19-15-10-6-7-11-16(15)23(2,21)22/h3-11,13,18H,12H2,1-2H3,(H,19,20)/p+1/t13-/m1/s1. The van der Waals surface area contributed by atoms with Crippen LogP contribution in [0, 0.1) is 0 Å². The summed E-state index contributed by atoms with van der Waals surface area (Å²) >= 11 is 0. The highest BCUT2D eigenvalue weighted by Gasteiger charge is 2.16. The minimum atomic E-state index is -3.38. The van der Waals surface area contributed by atoms with Crippen molar-refractivity contribution in [2.24, 2.45) is 0 Å². The quantitative estimate of drug-likeness (QED) is 0.837. The Bertz CT molecular complexity index is 773. The molecule has 0 bridgehead atoms. The van der Waals surface area contributed by atoms with E-state index in [9.17, 15) is 13.2 Å². The van der Waals surface area contributed by atoms with Crippen LogP contribution in [0.1, 0.15) is 18.5 Å². The molecular weight excluding hydrogens is 312 g/mol. The molecule has 0 radical (unpaired) electrons. The number of para-hydroxylation sites is 1. The van der Waals surface area contributed by atoms with Gasteiger partial charge in [-0.25, -0.2) is 8.42 Å². The molecule has 6 heteroatoms. The third-order valence-corrected chi connectivity index (χ3v) is 4.70. The fourth-order valence-electron chi connectivity index (χ4n) is 2.27. The van der Waals surface area contributed by atoms with E-state index >= 15 is 0 Å². The van der Waals surface area contributed by atoms with Gasteiger partial charge in [0, 0.05) is 11.8 Å². The largest absolute Gasteiger partial charge is 0.333 e. The van der Waals surface area contributed by atoms with Crippen LogP contribution in [0.3, 0.4) is 0 Å². The van der Waals surface area contributed by atoms with Crippen LogP contribution in [0.4, 0.5) is 5.69 Å². The van der Waals surface area contributed by atoms with E-state index in [-0.39, 0.29) is 23.4 Å². The van der Waals surface area contributed by atoms with Gasteiger partial charge in [0.05, 0.1) is 10.6 Å². The number of nitrogens with one attached hydrogen (secondary N) is 1. The maximum atomic E-state index is 12.1. The molecule has 1 amide bonds. The lowest BCUT2D eigenvalue weighted by Crippen LogP contribution is -2.86. The molecular formula is C17H21N2O3S+. The van der Waals surface area contributed by atoms with Crippen LogP contribution in [0.15, 0.2) is 59.5 Å². The number of carbonyl (C=O) groups is 1. The molecule has 3 N–H and O–H groups in total. The van der Waals surface area contributed by atoms with Crippen molar-refractivity contribution >= 4 is 21.4 Å². The topological polar surface area (TPSA) is 79.8 Å². The molecule has 5 nitrogen and oxygen atoms in total. The Kier molecular flexibility index (Phi) is 5.52. The first-order valence-electron chi connectivity index (χ1n) is 7.35. The summed E-state index contributed by atoms with van der Waals surface area (Å²) < 4.78 is 23.5. The molecule has 23 heavy (non-hydrogen) atoms. The second-order valence-electron chi connectivity index (χ2n) is 5.46. The highest BCUT2D eigenvalue weighted by atomic mass is 32.2. The molecule has 0 saturated heterocycles. The lowest BCUT2D eigenvalue weighted by molar-refractivity contribution is -0.682. The van der Waals surface area contributed by atoms with E-state index in [0.29, 0.717) is 5.69 Å². The fourth-order valence-corrected chi connectivity index (χ4v) is 3.12. The average molecular weight is 333 g/mol. The minimum absolute atomic E-state index is 0.129. The van der Waals surface area contributed by atoms with Crippen LogP contribution in [0.25, 0.3) is 0 Å². The Morgan fingerprint density at radius 2 is 1.70 bits per heavy atom. The maximum Gasteiger partial charge on any atom is 0.279 e. The first kappa shape index (κ1) is 17.2. The van der Waals surface area contributed by atoms with Gasteiger partial charge in [0.15, 0.2) is 16.4 Å². The Labute approximate surface area is 136 Å². The third kappa shape index (κ3) is 4.91. The summed E-state index contributed by atoms with van der Waals surface area (Å²) in [4.78, 5) is 12.2. The summed E-state index contributed by atoms with van der Waals surface area (Å²) in [5.74, 6) is -0.233. The number of benzene rings is 2. The zero-order valence-electron chi connectivity index (χ0n) is 13.2. The Balaban J connectivity index is 1.99. The summed E-state index contributed by atoms with van der Waals surface area (Å²) in [6, 6.07) is 16.4.